The molecule has 1 aliphatic carbocycles. The molecule has 0 radical (unpaired) electrons. The number of amides is 1. The van der Waals surface area contributed by atoms with E-state index in [9.17, 15) is 22.0 Å². The lowest BCUT2D eigenvalue weighted by molar-refractivity contribution is 0.0737. The molecular weight excluding hydrogens is 576 g/mol. The smallest absolute Gasteiger partial charge is 0.254 e. The largest absolute Gasteiger partial charge is 0.493 e. The third kappa shape index (κ3) is 9.03. The number of halogens is 2. The summed E-state index contributed by atoms with van der Waals surface area (Å²) < 4.78 is 64.6. The van der Waals surface area contributed by atoms with E-state index in [0.717, 1.165) is 56.7 Å². The number of methoxy groups -OCH3 is 2. The van der Waals surface area contributed by atoms with Crippen molar-refractivity contribution in [1.29, 1.82) is 0 Å². The van der Waals surface area contributed by atoms with Gasteiger partial charge in [-0.1, -0.05) is 17.2 Å². The maximum atomic E-state index is 14.4. The number of benzene rings is 2. The van der Waals surface area contributed by atoms with Gasteiger partial charge in [-0.15, -0.1) is 0 Å². The number of hydrogen-bond donors (Lipinski definition) is 1. The number of nitrogens with zero attached hydrogens (tertiary/aromatic N) is 2. The standard InChI is InChI=1S/C32H41F2N3O5S/c1-22(16-24-9-11-26(33)18-29(24)34)19-37(32(38)25-10-14-30(41-2)31(17-25)42-3)21-28-6-5-15-36(28)20-23-7-12-27(13-8-23)35-43(4,39)40/h9-11,14,16-18,20,27-28,35H,5-8,12-13,15,19,21H2,1-4H3/b22-16+,23-20?/t27?,28-/m0/s1. The number of hydrogen-bond acceptors (Lipinski definition) is 6. The molecule has 2 aliphatic rings. The topological polar surface area (TPSA) is 88.2 Å². The summed E-state index contributed by atoms with van der Waals surface area (Å²) >= 11 is 0. The molecule has 234 valence electrons. The third-order valence-corrected chi connectivity index (χ3v) is 8.69. The van der Waals surface area contributed by atoms with Crippen molar-refractivity contribution < 1.29 is 31.5 Å². The summed E-state index contributed by atoms with van der Waals surface area (Å²) in [6.07, 6.45) is 10.1. The Labute approximate surface area is 253 Å². The maximum absolute atomic E-state index is 14.4. The average molecular weight is 618 g/mol. The number of carbonyl (C=O) groups excluding carboxylic acids is 1. The van der Waals surface area contributed by atoms with Gasteiger partial charge in [-0.3, -0.25) is 4.79 Å². The van der Waals surface area contributed by atoms with E-state index in [-0.39, 0.29) is 30.1 Å². The fraction of sp³-hybridized carbons (Fsp3) is 0.469. The molecule has 0 aromatic heterocycles. The summed E-state index contributed by atoms with van der Waals surface area (Å²) in [6.45, 7) is 3.40. The van der Waals surface area contributed by atoms with Crippen LogP contribution in [0, 0.1) is 11.6 Å². The van der Waals surface area contributed by atoms with Crippen molar-refractivity contribution in [1.82, 2.24) is 14.5 Å². The predicted molar refractivity (Wildman–Crippen MR) is 164 cm³/mol. The van der Waals surface area contributed by atoms with E-state index in [1.54, 1.807) is 29.2 Å². The van der Waals surface area contributed by atoms with Crippen LogP contribution >= 0.6 is 0 Å². The maximum Gasteiger partial charge on any atom is 0.254 e. The number of ether oxygens (including phenoxy) is 2. The Morgan fingerprint density at radius 2 is 1.79 bits per heavy atom. The second-order valence-corrected chi connectivity index (χ2v) is 13.2. The monoisotopic (exact) mass is 617 g/mol. The van der Waals surface area contributed by atoms with Crippen LogP contribution in [0.1, 0.15) is 61.4 Å². The lowest BCUT2D eigenvalue weighted by Crippen LogP contribution is -2.42. The van der Waals surface area contributed by atoms with Gasteiger partial charge in [-0.25, -0.2) is 21.9 Å². The molecule has 1 aliphatic heterocycles. The van der Waals surface area contributed by atoms with Crippen LogP contribution in [0.2, 0.25) is 0 Å². The first-order valence-corrected chi connectivity index (χ1v) is 16.4. The van der Waals surface area contributed by atoms with Crippen molar-refractivity contribution in [3.63, 3.8) is 0 Å². The highest BCUT2D eigenvalue weighted by Gasteiger charge is 2.29. The molecule has 4 rings (SSSR count). The van der Waals surface area contributed by atoms with Crippen LogP contribution < -0.4 is 14.2 Å². The van der Waals surface area contributed by atoms with Gasteiger partial charge in [0.15, 0.2) is 11.5 Å². The first kappa shape index (κ1) is 32.5. The van der Waals surface area contributed by atoms with E-state index in [1.165, 1.54) is 38.2 Å². The minimum absolute atomic E-state index is 0.0446. The number of likely N-dealkylation sites (tertiary alicyclic amines) is 1. The van der Waals surface area contributed by atoms with Gasteiger partial charge in [0.1, 0.15) is 11.6 Å². The fourth-order valence-electron chi connectivity index (χ4n) is 5.85. The van der Waals surface area contributed by atoms with Crippen molar-refractivity contribution in [3.8, 4) is 11.5 Å². The summed E-state index contributed by atoms with van der Waals surface area (Å²) in [5.74, 6) is -0.536. The van der Waals surface area contributed by atoms with Crippen molar-refractivity contribution in [2.24, 2.45) is 0 Å². The summed E-state index contributed by atoms with van der Waals surface area (Å²) in [5, 5.41) is 0. The van der Waals surface area contributed by atoms with Crippen LogP contribution in [-0.4, -0.2) is 76.3 Å². The first-order valence-electron chi connectivity index (χ1n) is 14.5. The highest BCUT2D eigenvalue weighted by Crippen LogP contribution is 2.30. The Balaban J connectivity index is 1.55. The van der Waals surface area contributed by atoms with Gasteiger partial charge in [0.2, 0.25) is 10.0 Å². The molecule has 0 bridgehead atoms. The van der Waals surface area contributed by atoms with Crippen LogP contribution in [0.4, 0.5) is 8.78 Å². The number of nitrogens with one attached hydrogen (secondary N) is 1. The summed E-state index contributed by atoms with van der Waals surface area (Å²) in [6, 6.07) is 8.54. The summed E-state index contributed by atoms with van der Waals surface area (Å²) in [7, 11) is -0.184. The Morgan fingerprint density at radius 1 is 1.07 bits per heavy atom. The van der Waals surface area contributed by atoms with E-state index < -0.39 is 21.7 Å². The molecule has 1 saturated heterocycles. The Kier molecular flexibility index (Phi) is 10.8. The quantitative estimate of drug-likeness (QED) is 0.365. The number of allylic oxidation sites excluding steroid dienone is 1. The molecule has 1 atom stereocenters. The number of sulfonamides is 1. The molecule has 0 unspecified atom stereocenters. The van der Waals surface area contributed by atoms with E-state index in [1.807, 2.05) is 6.92 Å². The van der Waals surface area contributed by atoms with Gasteiger partial charge >= 0.3 is 0 Å². The molecular formula is C32H41F2N3O5S. The lowest BCUT2D eigenvalue weighted by Gasteiger charge is -2.32. The van der Waals surface area contributed by atoms with Crippen LogP contribution in [0.3, 0.4) is 0 Å². The number of rotatable bonds is 11. The summed E-state index contributed by atoms with van der Waals surface area (Å²) in [5.41, 5.74) is 2.72. The minimum atomic E-state index is -3.23. The molecule has 1 saturated carbocycles. The molecule has 11 heteroatoms. The third-order valence-electron chi connectivity index (χ3n) is 7.93. The lowest BCUT2D eigenvalue weighted by atomic mass is 9.92. The van der Waals surface area contributed by atoms with Gasteiger partial charge < -0.3 is 19.3 Å². The molecule has 1 amide bonds. The molecule has 8 nitrogen and oxygen atoms in total. The van der Waals surface area contributed by atoms with Crippen LogP contribution in [-0.2, 0) is 10.0 Å². The predicted octanol–water partition coefficient (Wildman–Crippen LogP) is 5.37. The zero-order valence-electron chi connectivity index (χ0n) is 25.2. The van der Waals surface area contributed by atoms with Gasteiger partial charge in [0, 0.05) is 48.9 Å². The van der Waals surface area contributed by atoms with Crippen molar-refractivity contribution >= 4 is 22.0 Å². The van der Waals surface area contributed by atoms with Crippen molar-refractivity contribution in [2.75, 3.05) is 40.1 Å². The number of carbonyl (C=O) groups is 1. The molecule has 0 spiro atoms. The SMILES string of the molecule is COc1ccc(C(=O)N(C/C(C)=C/c2ccc(F)cc2F)C[C@@H]2CCCN2C=C2CCC(NS(C)(=O)=O)CC2)cc1OC. The molecule has 2 fully saturated rings. The minimum Gasteiger partial charge on any atom is -0.493 e. The highest BCUT2D eigenvalue weighted by molar-refractivity contribution is 7.88. The summed E-state index contributed by atoms with van der Waals surface area (Å²) in [4.78, 5) is 18.0. The van der Waals surface area contributed by atoms with Gasteiger partial charge in [0.05, 0.1) is 20.5 Å². The van der Waals surface area contributed by atoms with Crippen molar-refractivity contribution in [2.45, 2.75) is 57.5 Å². The zero-order valence-corrected chi connectivity index (χ0v) is 26.1. The second-order valence-electron chi connectivity index (χ2n) is 11.4. The first-order chi connectivity index (χ1) is 20.5. The van der Waals surface area contributed by atoms with Gasteiger partial charge in [-0.2, -0.15) is 0 Å². The van der Waals surface area contributed by atoms with Gasteiger partial charge in [0.25, 0.3) is 5.91 Å². The van der Waals surface area contributed by atoms with Crippen LogP contribution in [0.25, 0.3) is 6.08 Å². The average Bonchev–Trinajstić information content (AvgIpc) is 3.39. The Morgan fingerprint density at radius 3 is 2.44 bits per heavy atom. The fourth-order valence-corrected chi connectivity index (χ4v) is 6.69. The molecule has 1 N–H and O–H groups in total. The van der Waals surface area contributed by atoms with E-state index >= 15 is 0 Å². The van der Waals surface area contributed by atoms with Crippen molar-refractivity contribution in [3.05, 3.63) is 76.5 Å². The van der Waals surface area contributed by atoms with E-state index in [2.05, 4.69) is 15.8 Å². The molecule has 1 heterocycles. The Bertz CT molecular complexity index is 1470. The van der Waals surface area contributed by atoms with E-state index in [0.29, 0.717) is 23.6 Å². The van der Waals surface area contributed by atoms with Crippen LogP contribution in [0.15, 0.2) is 53.7 Å². The normalized spacial score (nSPS) is 19.3. The second kappa shape index (κ2) is 14.4. The Hall–Kier alpha value is -3.44. The highest BCUT2D eigenvalue weighted by atomic mass is 32.2. The van der Waals surface area contributed by atoms with Gasteiger partial charge in [-0.05, 0) is 82.0 Å². The van der Waals surface area contributed by atoms with E-state index in [4.69, 9.17) is 9.47 Å². The zero-order chi connectivity index (χ0) is 31.1. The molecule has 2 aromatic rings. The molecule has 43 heavy (non-hydrogen) atoms. The van der Waals surface area contributed by atoms with Crippen LogP contribution in [0.5, 0.6) is 11.5 Å². The molecule has 2 aromatic carbocycles.